The standard InChI is InChI=1S/C14H24N2O2/c1-18-11-13(8-5-9-15)16-14(10-17)12-6-3-2-4-7-12/h2-4,6-7,13-14,16-17H,5,8-11,15H2,1H3. The first kappa shape index (κ1) is 15.1. The molecule has 4 heteroatoms. The lowest BCUT2D eigenvalue weighted by molar-refractivity contribution is 0.143. The maximum absolute atomic E-state index is 9.49. The number of nitrogens with two attached hydrogens (primary N) is 1. The summed E-state index contributed by atoms with van der Waals surface area (Å²) in [6, 6.07) is 10.1. The van der Waals surface area contributed by atoms with Gasteiger partial charge in [-0.2, -0.15) is 0 Å². The molecule has 0 spiro atoms. The van der Waals surface area contributed by atoms with Gasteiger partial charge in [0.1, 0.15) is 0 Å². The minimum atomic E-state index is -0.0517. The minimum absolute atomic E-state index is 0.0517. The van der Waals surface area contributed by atoms with Crippen LogP contribution in [-0.4, -0.2) is 38.0 Å². The quantitative estimate of drug-likeness (QED) is 0.615. The Morgan fingerprint density at radius 2 is 2.06 bits per heavy atom. The van der Waals surface area contributed by atoms with E-state index in [9.17, 15) is 5.11 Å². The number of methoxy groups -OCH3 is 1. The van der Waals surface area contributed by atoms with Gasteiger partial charge in [0.2, 0.25) is 0 Å². The number of ether oxygens (including phenoxy) is 1. The van der Waals surface area contributed by atoms with Crippen molar-refractivity contribution in [3.63, 3.8) is 0 Å². The van der Waals surface area contributed by atoms with Crippen molar-refractivity contribution >= 4 is 0 Å². The van der Waals surface area contributed by atoms with Crippen LogP contribution in [0, 0.1) is 0 Å². The summed E-state index contributed by atoms with van der Waals surface area (Å²) in [4.78, 5) is 0. The highest BCUT2D eigenvalue weighted by Crippen LogP contribution is 2.13. The predicted octanol–water partition coefficient (Wildman–Crippen LogP) is 1.06. The molecular weight excluding hydrogens is 228 g/mol. The molecule has 0 aliphatic heterocycles. The topological polar surface area (TPSA) is 67.5 Å². The smallest absolute Gasteiger partial charge is 0.0626 e. The van der Waals surface area contributed by atoms with Crippen molar-refractivity contribution in [2.45, 2.75) is 24.9 Å². The van der Waals surface area contributed by atoms with E-state index in [1.54, 1.807) is 7.11 Å². The molecule has 2 atom stereocenters. The fourth-order valence-corrected chi connectivity index (χ4v) is 2.00. The average molecular weight is 252 g/mol. The zero-order valence-electron chi connectivity index (χ0n) is 11.0. The summed E-state index contributed by atoms with van der Waals surface area (Å²) in [7, 11) is 1.69. The molecule has 0 aliphatic rings. The maximum Gasteiger partial charge on any atom is 0.0626 e. The highest BCUT2D eigenvalue weighted by atomic mass is 16.5. The van der Waals surface area contributed by atoms with E-state index in [-0.39, 0.29) is 18.7 Å². The van der Waals surface area contributed by atoms with E-state index in [1.165, 1.54) is 0 Å². The van der Waals surface area contributed by atoms with Crippen LogP contribution in [-0.2, 0) is 4.74 Å². The number of aliphatic hydroxyl groups is 1. The van der Waals surface area contributed by atoms with Gasteiger partial charge in [-0.1, -0.05) is 30.3 Å². The molecule has 4 nitrogen and oxygen atoms in total. The van der Waals surface area contributed by atoms with Gasteiger partial charge in [0.05, 0.1) is 19.3 Å². The average Bonchev–Trinajstić information content (AvgIpc) is 2.43. The summed E-state index contributed by atoms with van der Waals surface area (Å²) in [6.45, 7) is 1.38. The van der Waals surface area contributed by atoms with Crippen molar-refractivity contribution in [2.24, 2.45) is 5.73 Å². The number of benzene rings is 1. The third kappa shape index (κ3) is 5.14. The van der Waals surface area contributed by atoms with Crippen LogP contribution in [0.2, 0.25) is 0 Å². The molecular formula is C14H24N2O2. The fraction of sp³-hybridized carbons (Fsp3) is 0.571. The maximum atomic E-state index is 9.49. The molecule has 0 heterocycles. The summed E-state index contributed by atoms with van der Waals surface area (Å²) in [5.74, 6) is 0. The third-order valence-electron chi connectivity index (χ3n) is 2.95. The number of rotatable bonds is 9. The number of aliphatic hydroxyl groups excluding tert-OH is 1. The van der Waals surface area contributed by atoms with Gasteiger partial charge in [0.15, 0.2) is 0 Å². The Morgan fingerprint density at radius 1 is 1.33 bits per heavy atom. The second-order valence-electron chi connectivity index (χ2n) is 4.40. The van der Waals surface area contributed by atoms with E-state index in [1.807, 2.05) is 30.3 Å². The Labute approximate surface area is 109 Å². The van der Waals surface area contributed by atoms with Gasteiger partial charge in [-0.05, 0) is 24.9 Å². The van der Waals surface area contributed by atoms with Crippen molar-refractivity contribution in [2.75, 3.05) is 26.9 Å². The van der Waals surface area contributed by atoms with E-state index < -0.39 is 0 Å². The summed E-state index contributed by atoms with van der Waals surface area (Å²) >= 11 is 0. The highest BCUT2D eigenvalue weighted by molar-refractivity contribution is 5.19. The van der Waals surface area contributed by atoms with Crippen LogP contribution in [0.5, 0.6) is 0 Å². The highest BCUT2D eigenvalue weighted by Gasteiger charge is 2.15. The SMILES string of the molecule is COCC(CCCN)NC(CO)c1ccccc1. The molecule has 0 bridgehead atoms. The first-order chi connectivity index (χ1) is 8.81. The molecule has 0 saturated heterocycles. The van der Waals surface area contributed by atoms with Crippen molar-refractivity contribution < 1.29 is 9.84 Å². The molecule has 1 rings (SSSR count). The van der Waals surface area contributed by atoms with Crippen LogP contribution in [0.25, 0.3) is 0 Å². The monoisotopic (exact) mass is 252 g/mol. The molecule has 0 amide bonds. The molecule has 0 aromatic heterocycles. The number of hydrogen-bond acceptors (Lipinski definition) is 4. The zero-order chi connectivity index (χ0) is 13.2. The molecule has 2 unspecified atom stereocenters. The Hall–Kier alpha value is -0.940. The van der Waals surface area contributed by atoms with Crippen molar-refractivity contribution in [3.8, 4) is 0 Å². The summed E-state index contributed by atoms with van der Waals surface area (Å²) in [6.07, 6.45) is 1.90. The second-order valence-corrected chi connectivity index (χ2v) is 4.40. The molecule has 1 aromatic rings. The lowest BCUT2D eigenvalue weighted by Crippen LogP contribution is -2.38. The zero-order valence-corrected chi connectivity index (χ0v) is 11.0. The van der Waals surface area contributed by atoms with Gasteiger partial charge < -0.3 is 20.9 Å². The fourth-order valence-electron chi connectivity index (χ4n) is 2.00. The lowest BCUT2D eigenvalue weighted by atomic mass is 10.0. The minimum Gasteiger partial charge on any atom is -0.394 e. The number of hydrogen-bond donors (Lipinski definition) is 3. The van der Waals surface area contributed by atoms with Gasteiger partial charge in [-0.3, -0.25) is 0 Å². The lowest BCUT2D eigenvalue weighted by Gasteiger charge is -2.24. The third-order valence-corrected chi connectivity index (χ3v) is 2.95. The van der Waals surface area contributed by atoms with Crippen molar-refractivity contribution in [1.29, 1.82) is 0 Å². The Morgan fingerprint density at radius 3 is 2.61 bits per heavy atom. The van der Waals surface area contributed by atoms with Gasteiger partial charge in [-0.15, -0.1) is 0 Å². The van der Waals surface area contributed by atoms with E-state index in [0.717, 1.165) is 18.4 Å². The largest absolute Gasteiger partial charge is 0.394 e. The number of nitrogens with one attached hydrogen (secondary N) is 1. The second kappa shape index (κ2) is 9.05. The summed E-state index contributed by atoms with van der Waals surface area (Å²) in [5, 5.41) is 12.9. The van der Waals surface area contributed by atoms with E-state index in [0.29, 0.717) is 13.2 Å². The summed E-state index contributed by atoms with van der Waals surface area (Å²) in [5.41, 5.74) is 6.62. The predicted molar refractivity (Wildman–Crippen MR) is 73.4 cm³/mol. The first-order valence-corrected chi connectivity index (χ1v) is 6.42. The molecule has 0 fully saturated rings. The van der Waals surface area contributed by atoms with Crippen LogP contribution in [0.4, 0.5) is 0 Å². The van der Waals surface area contributed by atoms with Gasteiger partial charge >= 0.3 is 0 Å². The van der Waals surface area contributed by atoms with Gasteiger partial charge in [0.25, 0.3) is 0 Å². The van der Waals surface area contributed by atoms with E-state index >= 15 is 0 Å². The van der Waals surface area contributed by atoms with E-state index in [4.69, 9.17) is 10.5 Å². The van der Waals surface area contributed by atoms with Crippen LogP contribution in [0.15, 0.2) is 30.3 Å². The molecule has 18 heavy (non-hydrogen) atoms. The molecule has 0 saturated carbocycles. The van der Waals surface area contributed by atoms with Gasteiger partial charge in [0, 0.05) is 13.2 Å². The molecule has 0 aliphatic carbocycles. The molecule has 1 aromatic carbocycles. The molecule has 4 N–H and O–H groups in total. The Balaban J connectivity index is 2.58. The first-order valence-electron chi connectivity index (χ1n) is 6.42. The summed E-state index contributed by atoms with van der Waals surface area (Å²) < 4.78 is 5.20. The Kier molecular flexibility index (Phi) is 7.60. The van der Waals surface area contributed by atoms with Crippen molar-refractivity contribution in [1.82, 2.24) is 5.32 Å². The van der Waals surface area contributed by atoms with Crippen LogP contribution >= 0.6 is 0 Å². The van der Waals surface area contributed by atoms with Crippen LogP contribution in [0.3, 0.4) is 0 Å². The molecule has 0 radical (unpaired) electrons. The van der Waals surface area contributed by atoms with Crippen LogP contribution in [0.1, 0.15) is 24.4 Å². The van der Waals surface area contributed by atoms with Crippen molar-refractivity contribution in [3.05, 3.63) is 35.9 Å². The molecule has 102 valence electrons. The normalized spacial score (nSPS) is 14.4. The Bertz CT molecular complexity index is 306. The van der Waals surface area contributed by atoms with Gasteiger partial charge in [-0.25, -0.2) is 0 Å². The van der Waals surface area contributed by atoms with E-state index in [2.05, 4.69) is 5.32 Å². The van der Waals surface area contributed by atoms with Crippen LogP contribution < -0.4 is 11.1 Å².